The van der Waals surface area contributed by atoms with Crippen LogP contribution in [0.3, 0.4) is 0 Å². The van der Waals surface area contributed by atoms with Crippen LogP contribution in [0.15, 0.2) is 48.8 Å². The monoisotopic (exact) mass is 452 g/mol. The van der Waals surface area contributed by atoms with Crippen molar-refractivity contribution in [2.24, 2.45) is 17.8 Å². The Morgan fingerprint density at radius 3 is 2.59 bits per heavy atom. The van der Waals surface area contributed by atoms with Gasteiger partial charge >= 0.3 is 0 Å². The molecule has 1 aromatic carbocycles. The van der Waals surface area contributed by atoms with Crippen molar-refractivity contribution >= 4 is 28.3 Å². The Labute approximate surface area is 192 Å². The van der Waals surface area contributed by atoms with Gasteiger partial charge in [0.25, 0.3) is 0 Å². The molecule has 166 valence electrons. The first-order valence-electron chi connectivity index (χ1n) is 11.2. The Morgan fingerprint density at radius 2 is 1.91 bits per heavy atom. The number of pyridine rings is 2. The number of Topliss-reactive ketones (excluding diaryl/α,β-unsaturated/α-hetero) is 1. The van der Waals surface area contributed by atoms with Crippen molar-refractivity contribution in [3.05, 3.63) is 70.9 Å². The molecular formula is C26H26ClFN2O2. The molecule has 0 aliphatic heterocycles. The van der Waals surface area contributed by atoms with Gasteiger partial charge in [-0.1, -0.05) is 11.6 Å². The van der Waals surface area contributed by atoms with Crippen molar-refractivity contribution in [1.82, 2.24) is 9.97 Å². The van der Waals surface area contributed by atoms with Crippen LogP contribution < -0.4 is 0 Å². The van der Waals surface area contributed by atoms with Crippen LogP contribution in [0.1, 0.15) is 42.9 Å². The molecular weight excluding hydrogens is 427 g/mol. The smallest absolute Gasteiger partial charge is 0.167 e. The highest BCUT2D eigenvalue weighted by Gasteiger charge is 2.46. The van der Waals surface area contributed by atoms with Gasteiger partial charge in [0.15, 0.2) is 5.78 Å². The van der Waals surface area contributed by atoms with Gasteiger partial charge in [-0.15, -0.1) is 0 Å². The number of hydrogen-bond donors (Lipinski definition) is 0. The first-order chi connectivity index (χ1) is 15.5. The predicted octanol–water partition coefficient (Wildman–Crippen LogP) is 5.77. The Balaban J connectivity index is 1.26. The minimum Gasteiger partial charge on any atom is -0.373 e. The molecule has 3 aromatic rings. The molecule has 0 saturated heterocycles. The number of ketones is 1. The van der Waals surface area contributed by atoms with Gasteiger partial charge in [-0.25, -0.2) is 4.39 Å². The Morgan fingerprint density at radius 1 is 1.12 bits per heavy atom. The summed E-state index contributed by atoms with van der Waals surface area (Å²) >= 11 is 5.90. The van der Waals surface area contributed by atoms with Gasteiger partial charge < -0.3 is 4.74 Å². The van der Waals surface area contributed by atoms with Crippen molar-refractivity contribution in [2.45, 2.75) is 44.1 Å². The fourth-order valence-corrected chi connectivity index (χ4v) is 6.15. The molecule has 6 heteroatoms. The fourth-order valence-electron chi connectivity index (χ4n) is 6.04. The Kier molecular flexibility index (Phi) is 5.95. The lowest BCUT2D eigenvalue weighted by atomic mass is 9.87. The number of halogens is 2. The zero-order valence-corrected chi connectivity index (χ0v) is 18.8. The summed E-state index contributed by atoms with van der Waals surface area (Å²) < 4.78 is 19.6. The number of aromatic nitrogens is 2. The molecule has 32 heavy (non-hydrogen) atoms. The van der Waals surface area contributed by atoms with Crippen LogP contribution in [0.4, 0.5) is 4.39 Å². The number of benzene rings is 1. The SMILES string of the molecule is COC(C(=O)Cc1ccc(Cl)cn1)C1C[C@H]2CC(c3ccnc4ccc(F)cc34)C[C@H]2C1. The average molecular weight is 453 g/mol. The minimum absolute atomic E-state index is 0.0828. The van der Waals surface area contributed by atoms with Gasteiger partial charge in [0.05, 0.1) is 17.0 Å². The summed E-state index contributed by atoms with van der Waals surface area (Å²) in [6.07, 6.45) is 7.40. The molecule has 2 aliphatic rings. The molecule has 0 radical (unpaired) electrons. The molecule has 2 aliphatic carbocycles. The maximum atomic E-state index is 13.9. The second kappa shape index (κ2) is 8.87. The third kappa shape index (κ3) is 4.16. The van der Waals surface area contributed by atoms with E-state index in [0.717, 1.165) is 42.3 Å². The summed E-state index contributed by atoms with van der Waals surface area (Å²) in [5.41, 5.74) is 2.77. The number of carbonyl (C=O) groups is 1. The highest BCUT2D eigenvalue weighted by atomic mass is 35.5. The van der Waals surface area contributed by atoms with E-state index in [4.69, 9.17) is 16.3 Å². The van der Waals surface area contributed by atoms with E-state index >= 15 is 0 Å². The second-order valence-electron chi connectivity index (χ2n) is 9.25. The standard InChI is InChI=1S/C26H26ClFN2O2/c1-32-26(25(31)13-21-4-2-19(27)14-30-21)18-10-15-8-17(9-16(15)11-18)22-6-7-29-24-5-3-20(28)12-23(22)24/h2-7,12,14-18,26H,8-11,13H2,1H3/t15-,16+,17?,18?,26?. The first-order valence-corrected chi connectivity index (χ1v) is 11.6. The van der Waals surface area contributed by atoms with E-state index in [1.54, 1.807) is 37.6 Å². The van der Waals surface area contributed by atoms with Gasteiger partial charge in [-0.05, 0) is 91.3 Å². The van der Waals surface area contributed by atoms with Crippen LogP contribution in [-0.2, 0) is 16.0 Å². The highest BCUT2D eigenvalue weighted by molar-refractivity contribution is 6.30. The van der Waals surface area contributed by atoms with Crippen molar-refractivity contribution in [2.75, 3.05) is 7.11 Å². The molecule has 5 atom stereocenters. The molecule has 0 bridgehead atoms. The number of rotatable bonds is 6. The summed E-state index contributed by atoms with van der Waals surface area (Å²) in [6.45, 7) is 0. The van der Waals surface area contributed by atoms with E-state index < -0.39 is 6.10 Å². The van der Waals surface area contributed by atoms with E-state index in [9.17, 15) is 9.18 Å². The van der Waals surface area contributed by atoms with Crippen LogP contribution >= 0.6 is 11.6 Å². The number of ether oxygens (including phenoxy) is 1. The normalized spacial score (nSPS) is 25.7. The van der Waals surface area contributed by atoms with Crippen LogP contribution in [0, 0.1) is 23.6 Å². The third-order valence-corrected chi connectivity index (χ3v) is 7.60. The molecule has 0 amide bonds. The lowest BCUT2D eigenvalue weighted by molar-refractivity contribution is -0.131. The quantitative estimate of drug-likeness (QED) is 0.476. The number of nitrogens with zero attached hydrogens (tertiary/aromatic N) is 2. The second-order valence-corrected chi connectivity index (χ2v) is 9.69. The number of fused-ring (bicyclic) bond motifs is 2. The first kappa shape index (κ1) is 21.5. The Hall–Kier alpha value is -2.37. The van der Waals surface area contributed by atoms with Crippen LogP contribution in [0.25, 0.3) is 10.9 Å². The topological polar surface area (TPSA) is 52.1 Å². The molecule has 2 aromatic heterocycles. The van der Waals surface area contributed by atoms with E-state index in [-0.39, 0.29) is 23.9 Å². The highest BCUT2D eigenvalue weighted by Crippen LogP contribution is 2.54. The summed E-state index contributed by atoms with van der Waals surface area (Å²) in [6, 6.07) is 10.4. The van der Waals surface area contributed by atoms with E-state index in [2.05, 4.69) is 9.97 Å². The van der Waals surface area contributed by atoms with Gasteiger partial charge in [0.2, 0.25) is 0 Å². The zero-order chi connectivity index (χ0) is 22.2. The molecule has 0 spiro atoms. The molecule has 3 unspecified atom stereocenters. The summed E-state index contributed by atoms with van der Waals surface area (Å²) in [5.74, 6) is 1.65. The predicted molar refractivity (Wildman–Crippen MR) is 122 cm³/mol. The fraction of sp³-hybridized carbons (Fsp3) is 0.423. The summed E-state index contributed by atoms with van der Waals surface area (Å²) in [7, 11) is 1.63. The van der Waals surface area contributed by atoms with Crippen molar-refractivity contribution in [3.8, 4) is 0 Å². The molecule has 2 heterocycles. The van der Waals surface area contributed by atoms with Crippen molar-refractivity contribution in [1.29, 1.82) is 0 Å². The van der Waals surface area contributed by atoms with Crippen molar-refractivity contribution < 1.29 is 13.9 Å². The van der Waals surface area contributed by atoms with Crippen molar-refractivity contribution in [3.63, 3.8) is 0 Å². The number of hydrogen-bond acceptors (Lipinski definition) is 4. The number of methoxy groups -OCH3 is 1. The molecule has 0 N–H and O–H groups in total. The lowest BCUT2D eigenvalue weighted by Crippen LogP contribution is -2.32. The minimum atomic E-state index is -0.396. The lowest BCUT2D eigenvalue weighted by Gasteiger charge is -2.23. The maximum Gasteiger partial charge on any atom is 0.167 e. The van der Waals surface area contributed by atoms with Crippen LogP contribution in [-0.4, -0.2) is 29.0 Å². The molecule has 2 fully saturated rings. The number of carbonyl (C=O) groups excluding carboxylic acids is 1. The summed E-state index contributed by atoms with van der Waals surface area (Å²) in [4.78, 5) is 21.6. The zero-order valence-electron chi connectivity index (χ0n) is 18.0. The molecule has 5 rings (SSSR count). The maximum absolute atomic E-state index is 13.9. The molecule has 2 saturated carbocycles. The summed E-state index contributed by atoms with van der Waals surface area (Å²) in [5, 5.41) is 1.49. The van der Waals surface area contributed by atoms with Crippen LogP contribution in [0.2, 0.25) is 5.02 Å². The van der Waals surface area contributed by atoms with Gasteiger partial charge in [0.1, 0.15) is 11.9 Å². The van der Waals surface area contributed by atoms with Crippen LogP contribution in [0.5, 0.6) is 0 Å². The third-order valence-electron chi connectivity index (χ3n) is 7.37. The average Bonchev–Trinajstić information content (AvgIpc) is 3.35. The largest absolute Gasteiger partial charge is 0.373 e. The van der Waals surface area contributed by atoms with Gasteiger partial charge in [-0.3, -0.25) is 14.8 Å². The van der Waals surface area contributed by atoms with E-state index in [1.807, 2.05) is 12.3 Å². The van der Waals surface area contributed by atoms with E-state index in [1.165, 1.54) is 11.6 Å². The molecule has 4 nitrogen and oxygen atoms in total. The van der Waals surface area contributed by atoms with Gasteiger partial charge in [0, 0.05) is 30.6 Å². The van der Waals surface area contributed by atoms with E-state index in [0.29, 0.717) is 22.8 Å². The Bertz CT molecular complexity index is 1120. The van der Waals surface area contributed by atoms with Gasteiger partial charge in [-0.2, -0.15) is 0 Å².